The Hall–Kier alpha value is -3.98. The molecule has 4 rings (SSSR count). The Kier molecular flexibility index (Phi) is 6.74. The molecule has 0 spiro atoms. The van der Waals surface area contributed by atoms with E-state index in [1.165, 1.54) is 22.2 Å². The molecular weight excluding hydrogens is 434 g/mol. The molecule has 1 N–H and O–H groups in total. The molecule has 2 saturated heterocycles. The third kappa shape index (κ3) is 4.99. The molecule has 0 unspecified atom stereocenters. The van der Waals surface area contributed by atoms with Gasteiger partial charge in [-0.1, -0.05) is 35.9 Å². The van der Waals surface area contributed by atoms with Crippen LogP contribution in [0.2, 0.25) is 0 Å². The quantitative estimate of drug-likeness (QED) is 0.550. The number of aliphatic imine (C=N–C) groups is 1. The maximum absolute atomic E-state index is 13.4. The lowest BCUT2D eigenvalue weighted by Crippen LogP contribution is -2.50. The van der Waals surface area contributed by atoms with Crippen molar-refractivity contribution in [1.29, 1.82) is 0 Å². The number of nitrogens with zero attached hydrogens (tertiary/aromatic N) is 4. The molecule has 2 aromatic rings. The second kappa shape index (κ2) is 9.88. The molecule has 2 fully saturated rings. The van der Waals surface area contributed by atoms with Gasteiger partial charge in [-0.3, -0.25) is 14.6 Å². The highest BCUT2D eigenvalue weighted by Crippen LogP contribution is 2.23. The Bertz CT molecular complexity index is 1170. The van der Waals surface area contributed by atoms with Gasteiger partial charge in [0.25, 0.3) is 11.8 Å². The molecule has 2 heterocycles. The van der Waals surface area contributed by atoms with Crippen LogP contribution in [0, 0.1) is 13.8 Å². The fourth-order valence-corrected chi connectivity index (χ4v) is 3.90. The number of benzene rings is 2. The maximum atomic E-state index is 13.4. The van der Waals surface area contributed by atoms with Crippen molar-refractivity contribution < 1.29 is 19.2 Å². The number of aryl methyl sites for hydroxylation is 2. The van der Waals surface area contributed by atoms with Gasteiger partial charge >= 0.3 is 5.97 Å². The van der Waals surface area contributed by atoms with Crippen molar-refractivity contribution in [2.45, 2.75) is 13.8 Å². The van der Waals surface area contributed by atoms with Crippen LogP contribution in [-0.4, -0.2) is 66.6 Å². The molecule has 2 amide bonds. The SMILES string of the molecule is Cc1ccc(C)c(N2CCN(C(=O)C(/C=C3\C(=O)ONN3C)=NC(=O)c3ccccc3)CC2)c1. The van der Waals surface area contributed by atoms with Crippen molar-refractivity contribution in [2.75, 3.05) is 38.1 Å². The summed E-state index contributed by atoms with van der Waals surface area (Å²) in [5.74, 6) is -1.63. The highest BCUT2D eigenvalue weighted by atomic mass is 16.7. The van der Waals surface area contributed by atoms with Gasteiger partial charge in [-0.15, -0.1) is 0 Å². The first-order valence-electron chi connectivity index (χ1n) is 11.1. The predicted molar refractivity (Wildman–Crippen MR) is 128 cm³/mol. The molecule has 9 nitrogen and oxygen atoms in total. The highest BCUT2D eigenvalue weighted by molar-refractivity contribution is 6.45. The van der Waals surface area contributed by atoms with E-state index < -0.39 is 17.8 Å². The Morgan fingerprint density at radius 3 is 2.38 bits per heavy atom. The molecular formula is C25H27N5O4. The standard InChI is InChI=1S/C25H27N5O4/c1-17-9-10-18(2)21(15-17)29-11-13-30(14-12-29)24(32)20(16-22-25(33)34-27-28(22)3)26-23(31)19-7-5-4-6-8-19/h4-10,15-16,27H,11-14H2,1-3H3/b22-16+,26-20?. The summed E-state index contributed by atoms with van der Waals surface area (Å²) >= 11 is 0. The minimum atomic E-state index is -0.657. The van der Waals surface area contributed by atoms with Gasteiger partial charge in [0, 0.05) is 50.6 Å². The lowest BCUT2D eigenvalue weighted by atomic mass is 10.1. The van der Waals surface area contributed by atoms with E-state index in [4.69, 9.17) is 4.84 Å². The zero-order valence-corrected chi connectivity index (χ0v) is 19.4. The summed E-state index contributed by atoms with van der Waals surface area (Å²) < 4.78 is 0. The topological polar surface area (TPSA) is 94.6 Å². The average Bonchev–Trinajstić information content (AvgIpc) is 3.17. The van der Waals surface area contributed by atoms with Crippen LogP contribution in [0.15, 0.2) is 65.3 Å². The van der Waals surface area contributed by atoms with Crippen LogP contribution in [0.25, 0.3) is 0 Å². The number of hydrogen-bond donors (Lipinski definition) is 1. The van der Waals surface area contributed by atoms with E-state index >= 15 is 0 Å². The number of hydrazine groups is 1. The van der Waals surface area contributed by atoms with Crippen LogP contribution in [0.5, 0.6) is 0 Å². The minimum absolute atomic E-state index is 0.0852. The number of nitrogens with one attached hydrogen (secondary N) is 1. The monoisotopic (exact) mass is 461 g/mol. The van der Waals surface area contributed by atoms with E-state index in [9.17, 15) is 14.4 Å². The number of amides is 2. The molecule has 2 aliphatic rings. The summed E-state index contributed by atoms with van der Waals surface area (Å²) in [5, 5.41) is 1.33. The van der Waals surface area contributed by atoms with Gasteiger partial charge < -0.3 is 14.6 Å². The Balaban J connectivity index is 1.57. The Morgan fingerprint density at radius 2 is 1.74 bits per heavy atom. The number of hydrogen-bond acceptors (Lipinski definition) is 7. The Morgan fingerprint density at radius 1 is 1.03 bits per heavy atom. The molecule has 176 valence electrons. The smallest absolute Gasteiger partial charge is 0.368 e. The molecule has 9 heteroatoms. The van der Waals surface area contributed by atoms with Crippen LogP contribution < -0.4 is 10.5 Å². The third-order valence-electron chi connectivity index (χ3n) is 5.85. The molecule has 0 atom stereocenters. The maximum Gasteiger partial charge on any atom is 0.376 e. The van der Waals surface area contributed by atoms with Crippen molar-refractivity contribution in [3.8, 4) is 0 Å². The molecule has 34 heavy (non-hydrogen) atoms. The molecule has 0 bridgehead atoms. The van der Waals surface area contributed by atoms with Gasteiger partial charge in [0.15, 0.2) is 0 Å². The van der Waals surface area contributed by atoms with Gasteiger partial charge in [-0.2, -0.15) is 0 Å². The van der Waals surface area contributed by atoms with Crippen LogP contribution >= 0.6 is 0 Å². The molecule has 0 radical (unpaired) electrons. The number of anilines is 1. The average molecular weight is 462 g/mol. The summed E-state index contributed by atoms with van der Waals surface area (Å²) in [7, 11) is 1.57. The van der Waals surface area contributed by atoms with E-state index in [-0.39, 0.29) is 11.4 Å². The van der Waals surface area contributed by atoms with Crippen LogP contribution in [-0.2, 0) is 14.4 Å². The summed E-state index contributed by atoms with van der Waals surface area (Å²) in [6, 6.07) is 14.8. The molecule has 2 aromatic carbocycles. The van der Waals surface area contributed by atoms with Crippen molar-refractivity contribution in [2.24, 2.45) is 4.99 Å². The number of rotatable bonds is 4. The molecule has 0 aliphatic carbocycles. The van der Waals surface area contributed by atoms with E-state index in [1.54, 1.807) is 42.3 Å². The third-order valence-corrected chi connectivity index (χ3v) is 5.85. The van der Waals surface area contributed by atoms with Crippen molar-refractivity contribution in [1.82, 2.24) is 15.5 Å². The van der Waals surface area contributed by atoms with Gasteiger partial charge in [0.05, 0.1) is 0 Å². The predicted octanol–water partition coefficient (Wildman–Crippen LogP) is 2.03. The summed E-state index contributed by atoms with van der Waals surface area (Å²) in [6.45, 7) is 6.36. The lowest BCUT2D eigenvalue weighted by Gasteiger charge is -2.37. The van der Waals surface area contributed by atoms with Gasteiger partial charge in [-0.05, 0) is 43.2 Å². The molecule has 2 aliphatic heterocycles. The zero-order chi connectivity index (χ0) is 24.2. The molecule has 0 aromatic heterocycles. The number of carbonyl (C=O) groups excluding carboxylic acids is 3. The molecule has 0 saturated carbocycles. The second-order valence-corrected chi connectivity index (χ2v) is 8.31. The number of piperazine rings is 1. The van der Waals surface area contributed by atoms with Gasteiger partial charge in [0.1, 0.15) is 11.4 Å². The largest absolute Gasteiger partial charge is 0.376 e. The first-order valence-corrected chi connectivity index (χ1v) is 11.1. The van der Waals surface area contributed by atoms with Gasteiger partial charge in [0.2, 0.25) is 0 Å². The summed E-state index contributed by atoms with van der Waals surface area (Å²) in [4.78, 5) is 51.0. The van der Waals surface area contributed by atoms with Crippen LogP contribution in [0.3, 0.4) is 0 Å². The zero-order valence-electron chi connectivity index (χ0n) is 19.4. The Labute approximate surface area is 198 Å². The van der Waals surface area contributed by atoms with E-state index in [1.807, 2.05) is 0 Å². The van der Waals surface area contributed by atoms with E-state index in [0.717, 1.165) is 5.69 Å². The van der Waals surface area contributed by atoms with E-state index in [0.29, 0.717) is 31.7 Å². The summed E-state index contributed by atoms with van der Waals surface area (Å²) in [5.41, 5.74) is 6.25. The fraction of sp³-hybridized carbons (Fsp3) is 0.280. The fourth-order valence-electron chi connectivity index (χ4n) is 3.90. The number of carbonyl (C=O) groups is 3. The highest BCUT2D eigenvalue weighted by Gasteiger charge is 2.30. The van der Waals surface area contributed by atoms with Crippen LogP contribution in [0.1, 0.15) is 21.5 Å². The second-order valence-electron chi connectivity index (χ2n) is 8.31. The van der Waals surface area contributed by atoms with E-state index in [2.05, 4.69) is 47.5 Å². The lowest BCUT2D eigenvalue weighted by molar-refractivity contribution is -0.142. The van der Waals surface area contributed by atoms with Crippen molar-refractivity contribution in [3.05, 3.63) is 77.0 Å². The van der Waals surface area contributed by atoms with Gasteiger partial charge in [-0.25, -0.2) is 9.79 Å². The minimum Gasteiger partial charge on any atom is -0.368 e. The van der Waals surface area contributed by atoms with Crippen LogP contribution in [0.4, 0.5) is 5.69 Å². The first kappa shape index (κ1) is 23.2. The van der Waals surface area contributed by atoms with Crippen molar-refractivity contribution >= 4 is 29.2 Å². The summed E-state index contributed by atoms with van der Waals surface area (Å²) in [6.07, 6.45) is 1.29. The first-order chi connectivity index (χ1) is 16.3. The number of likely N-dealkylation sites (N-methyl/N-ethyl adjacent to an activating group) is 1. The normalized spacial score (nSPS) is 17.9. The van der Waals surface area contributed by atoms with Crippen molar-refractivity contribution in [3.63, 3.8) is 0 Å².